The maximum atomic E-state index is 12.2. The van der Waals surface area contributed by atoms with Crippen LogP contribution in [0.1, 0.15) is 52.4 Å². The minimum atomic E-state index is -0.330. The number of nitrogens with zero attached hydrogens (tertiary/aromatic N) is 1. The fraction of sp³-hybridized carbons (Fsp3) is 0.867. The summed E-state index contributed by atoms with van der Waals surface area (Å²) in [6.07, 6.45) is 5.59. The molecule has 0 radical (unpaired) electrons. The molecule has 0 aromatic rings. The number of ether oxygens (including phenoxy) is 2. The summed E-state index contributed by atoms with van der Waals surface area (Å²) in [6.45, 7) is 5.58. The highest BCUT2D eigenvalue weighted by molar-refractivity contribution is 5.82. The van der Waals surface area contributed by atoms with Crippen molar-refractivity contribution in [2.24, 2.45) is 0 Å². The van der Waals surface area contributed by atoms with E-state index in [-0.39, 0.29) is 24.5 Å². The molecule has 1 aliphatic heterocycles. The van der Waals surface area contributed by atoms with Crippen LogP contribution in [0.3, 0.4) is 0 Å². The molecule has 0 aliphatic carbocycles. The first kappa shape index (κ1) is 17.0. The van der Waals surface area contributed by atoms with Crippen molar-refractivity contribution in [2.75, 3.05) is 26.3 Å². The zero-order valence-electron chi connectivity index (χ0n) is 12.7. The van der Waals surface area contributed by atoms with E-state index in [9.17, 15) is 9.59 Å². The molecule has 1 heterocycles. The van der Waals surface area contributed by atoms with Crippen LogP contribution in [0, 0.1) is 0 Å². The Hall–Kier alpha value is -1.10. The third kappa shape index (κ3) is 6.37. The molecule has 1 rings (SSSR count). The molecule has 0 spiro atoms. The van der Waals surface area contributed by atoms with E-state index in [0.717, 1.165) is 32.3 Å². The normalized spacial score (nSPS) is 18.6. The standard InChI is InChI=1S/C15H27NO4/c1-3-10-16(12-15(18)19-4-2)14(17)9-8-13-7-5-6-11-20-13/h13H,3-12H2,1-2H3. The Labute approximate surface area is 121 Å². The molecule has 0 N–H and O–H groups in total. The van der Waals surface area contributed by atoms with Gasteiger partial charge >= 0.3 is 5.97 Å². The van der Waals surface area contributed by atoms with Crippen LogP contribution in [-0.2, 0) is 19.1 Å². The summed E-state index contributed by atoms with van der Waals surface area (Å²) in [5, 5.41) is 0. The first-order chi connectivity index (χ1) is 9.67. The average molecular weight is 285 g/mol. The number of rotatable bonds is 8. The Morgan fingerprint density at radius 3 is 2.70 bits per heavy atom. The van der Waals surface area contributed by atoms with Gasteiger partial charge in [-0.2, -0.15) is 0 Å². The summed E-state index contributed by atoms with van der Waals surface area (Å²) in [7, 11) is 0. The van der Waals surface area contributed by atoms with Gasteiger partial charge in [-0.1, -0.05) is 6.92 Å². The molecule has 0 aromatic heterocycles. The van der Waals surface area contributed by atoms with E-state index in [1.54, 1.807) is 11.8 Å². The van der Waals surface area contributed by atoms with Gasteiger partial charge in [-0.05, 0) is 39.0 Å². The quantitative estimate of drug-likeness (QED) is 0.641. The molecular formula is C15H27NO4. The summed E-state index contributed by atoms with van der Waals surface area (Å²) in [5.74, 6) is -0.308. The fourth-order valence-electron chi connectivity index (χ4n) is 2.40. The van der Waals surface area contributed by atoms with Crippen LogP contribution in [-0.4, -0.2) is 49.2 Å². The van der Waals surface area contributed by atoms with Gasteiger partial charge in [0.05, 0.1) is 12.7 Å². The highest BCUT2D eigenvalue weighted by Gasteiger charge is 2.20. The average Bonchev–Trinajstić information content (AvgIpc) is 2.45. The monoisotopic (exact) mass is 285 g/mol. The molecule has 1 unspecified atom stereocenters. The van der Waals surface area contributed by atoms with Crippen LogP contribution in [0.5, 0.6) is 0 Å². The van der Waals surface area contributed by atoms with Crippen molar-refractivity contribution < 1.29 is 19.1 Å². The largest absolute Gasteiger partial charge is 0.465 e. The van der Waals surface area contributed by atoms with Crippen LogP contribution in [0.15, 0.2) is 0 Å². The molecule has 0 saturated carbocycles. The third-order valence-electron chi connectivity index (χ3n) is 3.43. The van der Waals surface area contributed by atoms with Crippen LogP contribution in [0.25, 0.3) is 0 Å². The van der Waals surface area contributed by atoms with Crippen LogP contribution >= 0.6 is 0 Å². The topological polar surface area (TPSA) is 55.8 Å². The lowest BCUT2D eigenvalue weighted by atomic mass is 10.0. The van der Waals surface area contributed by atoms with Gasteiger partial charge in [-0.25, -0.2) is 0 Å². The van der Waals surface area contributed by atoms with Gasteiger partial charge in [0, 0.05) is 19.6 Å². The third-order valence-corrected chi connectivity index (χ3v) is 3.43. The first-order valence-electron chi connectivity index (χ1n) is 7.72. The second kappa shape index (κ2) is 9.75. The van der Waals surface area contributed by atoms with Crippen LogP contribution in [0.2, 0.25) is 0 Å². The molecule has 116 valence electrons. The SMILES string of the molecule is CCCN(CC(=O)OCC)C(=O)CCC1CCCCO1. The van der Waals surface area contributed by atoms with Gasteiger partial charge in [0.2, 0.25) is 5.91 Å². The molecule has 5 heteroatoms. The molecule has 1 fully saturated rings. The van der Waals surface area contributed by atoms with Crippen molar-refractivity contribution in [3.8, 4) is 0 Å². The highest BCUT2D eigenvalue weighted by Crippen LogP contribution is 2.17. The molecule has 0 aromatic carbocycles. The lowest BCUT2D eigenvalue weighted by Crippen LogP contribution is -2.37. The van der Waals surface area contributed by atoms with Gasteiger partial charge in [0.1, 0.15) is 6.54 Å². The van der Waals surface area contributed by atoms with Crippen molar-refractivity contribution >= 4 is 11.9 Å². The van der Waals surface area contributed by atoms with Crippen LogP contribution < -0.4 is 0 Å². The number of carbonyl (C=O) groups excluding carboxylic acids is 2. The van der Waals surface area contributed by atoms with E-state index in [1.165, 1.54) is 6.42 Å². The Balaban J connectivity index is 2.36. The number of amides is 1. The van der Waals surface area contributed by atoms with Gasteiger partial charge in [0.15, 0.2) is 0 Å². The molecule has 1 saturated heterocycles. The highest BCUT2D eigenvalue weighted by atomic mass is 16.5. The maximum absolute atomic E-state index is 12.2. The second-order valence-corrected chi connectivity index (χ2v) is 5.15. The fourth-order valence-corrected chi connectivity index (χ4v) is 2.40. The van der Waals surface area contributed by atoms with E-state index < -0.39 is 0 Å². The number of hydrogen-bond acceptors (Lipinski definition) is 4. The summed E-state index contributed by atoms with van der Waals surface area (Å²) in [6, 6.07) is 0. The van der Waals surface area contributed by atoms with E-state index in [1.807, 2.05) is 6.92 Å². The van der Waals surface area contributed by atoms with E-state index in [2.05, 4.69) is 0 Å². The lowest BCUT2D eigenvalue weighted by Gasteiger charge is -2.25. The van der Waals surface area contributed by atoms with Gasteiger partial charge < -0.3 is 14.4 Å². The molecule has 20 heavy (non-hydrogen) atoms. The lowest BCUT2D eigenvalue weighted by molar-refractivity contribution is -0.149. The predicted octanol–water partition coefficient (Wildman–Crippen LogP) is 2.14. The summed E-state index contributed by atoms with van der Waals surface area (Å²) in [5.41, 5.74) is 0. The molecular weight excluding hydrogens is 258 g/mol. The molecule has 1 amide bonds. The Kier molecular flexibility index (Phi) is 8.26. The van der Waals surface area contributed by atoms with Crippen molar-refractivity contribution in [2.45, 2.75) is 58.5 Å². The smallest absolute Gasteiger partial charge is 0.325 e. The van der Waals surface area contributed by atoms with Crippen molar-refractivity contribution in [3.05, 3.63) is 0 Å². The number of hydrogen-bond donors (Lipinski definition) is 0. The first-order valence-corrected chi connectivity index (χ1v) is 7.72. The second-order valence-electron chi connectivity index (χ2n) is 5.15. The zero-order chi connectivity index (χ0) is 14.8. The minimum absolute atomic E-state index is 0.0223. The molecule has 5 nitrogen and oxygen atoms in total. The molecule has 1 atom stereocenters. The van der Waals surface area contributed by atoms with Crippen LogP contribution in [0.4, 0.5) is 0 Å². The Morgan fingerprint density at radius 2 is 2.10 bits per heavy atom. The maximum Gasteiger partial charge on any atom is 0.325 e. The number of esters is 1. The van der Waals surface area contributed by atoms with Crippen molar-refractivity contribution in [1.82, 2.24) is 4.90 Å². The van der Waals surface area contributed by atoms with E-state index >= 15 is 0 Å². The number of carbonyl (C=O) groups is 2. The minimum Gasteiger partial charge on any atom is -0.465 e. The van der Waals surface area contributed by atoms with Gasteiger partial charge in [-0.3, -0.25) is 9.59 Å². The van der Waals surface area contributed by atoms with Crippen molar-refractivity contribution in [3.63, 3.8) is 0 Å². The summed E-state index contributed by atoms with van der Waals surface area (Å²) < 4.78 is 10.5. The zero-order valence-corrected chi connectivity index (χ0v) is 12.7. The summed E-state index contributed by atoms with van der Waals surface area (Å²) in [4.78, 5) is 25.3. The predicted molar refractivity (Wildman–Crippen MR) is 76.3 cm³/mol. The molecule has 1 aliphatic rings. The Morgan fingerprint density at radius 1 is 1.30 bits per heavy atom. The van der Waals surface area contributed by atoms with Gasteiger partial charge in [0.25, 0.3) is 0 Å². The van der Waals surface area contributed by atoms with E-state index in [4.69, 9.17) is 9.47 Å². The van der Waals surface area contributed by atoms with Crippen molar-refractivity contribution in [1.29, 1.82) is 0 Å². The Bertz CT molecular complexity index is 300. The molecule has 0 bridgehead atoms. The van der Waals surface area contributed by atoms with Gasteiger partial charge in [-0.15, -0.1) is 0 Å². The summed E-state index contributed by atoms with van der Waals surface area (Å²) >= 11 is 0. The van der Waals surface area contributed by atoms with E-state index in [0.29, 0.717) is 19.6 Å².